The van der Waals surface area contributed by atoms with Gasteiger partial charge in [-0.2, -0.15) is 0 Å². The maximum atomic E-state index is 11.9. The van der Waals surface area contributed by atoms with Crippen LogP contribution in [0.5, 0.6) is 0 Å². The molecular formula is C12H19N2O6PS. The lowest BCUT2D eigenvalue weighted by Gasteiger charge is -2.21. The molecule has 1 aliphatic rings. The Bertz CT molecular complexity index is 702. The van der Waals surface area contributed by atoms with Crippen molar-refractivity contribution in [2.75, 3.05) is 7.11 Å². The Labute approximate surface area is 132 Å². The van der Waals surface area contributed by atoms with Crippen LogP contribution in [0, 0.1) is 6.92 Å². The summed E-state index contributed by atoms with van der Waals surface area (Å²) in [5.41, 5.74) is -0.569. The molecule has 8 nitrogen and oxygen atoms in total. The molecule has 2 N–H and O–H groups in total. The van der Waals surface area contributed by atoms with Crippen LogP contribution >= 0.6 is 6.72 Å². The highest BCUT2D eigenvalue weighted by Gasteiger charge is 2.39. The molecule has 0 saturated carbocycles. The van der Waals surface area contributed by atoms with E-state index < -0.39 is 30.3 Å². The van der Waals surface area contributed by atoms with Crippen LogP contribution in [0.4, 0.5) is 0 Å². The number of ether oxygens (including phenoxy) is 1. The van der Waals surface area contributed by atoms with Gasteiger partial charge >= 0.3 is 12.4 Å². The minimum Gasteiger partial charge on any atom is -0.352 e. The highest BCUT2D eigenvalue weighted by Crippen LogP contribution is 2.48. The van der Waals surface area contributed by atoms with Crippen LogP contribution < -0.4 is 11.2 Å². The third kappa shape index (κ3) is 3.73. The molecule has 1 aromatic heterocycles. The van der Waals surface area contributed by atoms with Gasteiger partial charge in [-0.1, -0.05) is 6.92 Å². The van der Waals surface area contributed by atoms with Gasteiger partial charge in [0, 0.05) is 25.3 Å². The molecular weight excluding hydrogens is 331 g/mol. The number of aryl methyl sites for hydroxylation is 1. The molecule has 1 fully saturated rings. The van der Waals surface area contributed by atoms with Gasteiger partial charge in [0.05, 0.1) is 12.2 Å². The van der Waals surface area contributed by atoms with Crippen LogP contribution in [-0.2, 0) is 25.6 Å². The molecule has 1 unspecified atom stereocenters. The van der Waals surface area contributed by atoms with Crippen LogP contribution in [0.2, 0.25) is 0 Å². The van der Waals surface area contributed by atoms with Crippen molar-refractivity contribution in [1.29, 1.82) is 0 Å². The first-order valence-electron chi connectivity index (χ1n) is 6.82. The highest BCUT2D eigenvalue weighted by molar-refractivity contribution is 8.07. The zero-order valence-electron chi connectivity index (χ0n) is 12.5. The summed E-state index contributed by atoms with van der Waals surface area (Å²) in [6.07, 6.45) is 0.999. The second kappa shape index (κ2) is 6.74. The van der Waals surface area contributed by atoms with E-state index in [4.69, 9.17) is 25.6 Å². The van der Waals surface area contributed by atoms with Crippen LogP contribution in [0.25, 0.3) is 0 Å². The maximum Gasteiger partial charge on any atom is 0.330 e. The van der Waals surface area contributed by atoms with Crippen molar-refractivity contribution in [3.05, 3.63) is 32.6 Å². The minimum atomic E-state index is -3.31. The first-order valence-corrected chi connectivity index (χ1v) is 9.41. The monoisotopic (exact) mass is 350 g/mol. The van der Waals surface area contributed by atoms with Crippen molar-refractivity contribution in [3.63, 3.8) is 0 Å². The van der Waals surface area contributed by atoms with Gasteiger partial charge in [0.25, 0.3) is 5.56 Å². The molecule has 2 rings (SSSR count). The summed E-state index contributed by atoms with van der Waals surface area (Å²) in [5.74, 6) is 0. The number of aromatic amines is 1. The first kappa shape index (κ1) is 17.5. The van der Waals surface area contributed by atoms with E-state index in [-0.39, 0.29) is 6.10 Å². The van der Waals surface area contributed by atoms with Gasteiger partial charge in [-0.25, -0.2) is 4.79 Å². The van der Waals surface area contributed by atoms with Crippen molar-refractivity contribution in [2.24, 2.45) is 0 Å². The van der Waals surface area contributed by atoms with E-state index in [1.807, 2.05) is 6.92 Å². The standard InChI is InChI=1S/C12H19N2O6PS/c1-4-8-9(20-21(17,22)18-3)5-10(19-8)14-6-7(2)11(15)13-12(14)16/h6,8-10H,4-5H2,1-3H3,(H,17,22)(H,13,15,16)/t8-,9-,10+,21?/m1/s1. The molecule has 2 heterocycles. The van der Waals surface area contributed by atoms with E-state index in [0.717, 1.165) is 0 Å². The van der Waals surface area contributed by atoms with Crippen molar-refractivity contribution >= 4 is 18.5 Å². The number of nitrogens with zero attached hydrogens (tertiary/aromatic N) is 1. The van der Waals surface area contributed by atoms with Gasteiger partial charge < -0.3 is 18.7 Å². The lowest BCUT2D eigenvalue weighted by molar-refractivity contribution is -0.0200. The fraction of sp³-hybridized carbons (Fsp3) is 0.667. The molecule has 22 heavy (non-hydrogen) atoms. The number of nitrogens with one attached hydrogen (secondary N) is 1. The summed E-state index contributed by atoms with van der Waals surface area (Å²) in [4.78, 5) is 35.4. The van der Waals surface area contributed by atoms with Gasteiger partial charge in [0.1, 0.15) is 6.23 Å². The Morgan fingerprint density at radius 1 is 1.59 bits per heavy atom. The zero-order chi connectivity index (χ0) is 16.5. The van der Waals surface area contributed by atoms with Crippen molar-refractivity contribution in [1.82, 2.24) is 9.55 Å². The van der Waals surface area contributed by atoms with E-state index in [0.29, 0.717) is 18.4 Å². The average molecular weight is 350 g/mol. The largest absolute Gasteiger partial charge is 0.352 e. The zero-order valence-corrected chi connectivity index (χ0v) is 14.2. The predicted octanol–water partition coefficient (Wildman–Crippen LogP) is 0.791. The van der Waals surface area contributed by atoms with Crippen LogP contribution in [0.15, 0.2) is 15.8 Å². The van der Waals surface area contributed by atoms with Crippen LogP contribution in [-0.4, -0.2) is 33.8 Å². The average Bonchev–Trinajstić information content (AvgIpc) is 2.84. The maximum absolute atomic E-state index is 11.9. The van der Waals surface area contributed by atoms with Crippen LogP contribution in [0.1, 0.15) is 31.6 Å². The summed E-state index contributed by atoms with van der Waals surface area (Å²) < 4.78 is 17.3. The molecule has 124 valence electrons. The van der Waals surface area contributed by atoms with E-state index in [2.05, 4.69) is 4.98 Å². The number of rotatable bonds is 5. The molecule has 10 heteroatoms. The number of hydrogen-bond acceptors (Lipinski definition) is 6. The van der Waals surface area contributed by atoms with Gasteiger partial charge in [0.15, 0.2) is 0 Å². The fourth-order valence-corrected chi connectivity index (χ4v) is 3.34. The van der Waals surface area contributed by atoms with Crippen molar-refractivity contribution in [2.45, 2.75) is 45.1 Å². The summed E-state index contributed by atoms with van der Waals surface area (Å²) >= 11 is 4.85. The topological polar surface area (TPSA) is 103 Å². The second-order valence-electron chi connectivity index (χ2n) is 5.05. The summed E-state index contributed by atoms with van der Waals surface area (Å²) in [6, 6.07) is 0. The lowest BCUT2D eigenvalue weighted by atomic mass is 10.1. The SMILES string of the molecule is CC[C@H]1O[C@H](n2cc(C)c(=O)[nH]c2=O)C[C@H]1OP(O)(=S)OC. The Morgan fingerprint density at radius 2 is 2.27 bits per heavy atom. The van der Waals surface area contributed by atoms with Gasteiger partial charge in [-0.3, -0.25) is 14.3 Å². The summed E-state index contributed by atoms with van der Waals surface area (Å²) in [7, 11) is 1.28. The minimum absolute atomic E-state index is 0.325. The molecule has 0 radical (unpaired) electrons. The molecule has 0 bridgehead atoms. The number of aromatic nitrogens is 2. The van der Waals surface area contributed by atoms with E-state index in [9.17, 15) is 14.5 Å². The van der Waals surface area contributed by atoms with Gasteiger partial charge in [0.2, 0.25) is 0 Å². The quantitative estimate of drug-likeness (QED) is 0.757. The van der Waals surface area contributed by atoms with Gasteiger partial charge in [-0.05, 0) is 25.2 Å². The van der Waals surface area contributed by atoms with Crippen LogP contribution in [0.3, 0.4) is 0 Å². The summed E-state index contributed by atoms with van der Waals surface area (Å²) in [5, 5.41) is 0. The molecule has 0 spiro atoms. The molecule has 0 aromatic carbocycles. The van der Waals surface area contributed by atoms with E-state index in [1.165, 1.54) is 17.9 Å². The molecule has 1 aliphatic heterocycles. The Balaban J connectivity index is 2.25. The Kier molecular flexibility index (Phi) is 5.37. The van der Waals surface area contributed by atoms with Crippen molar-refractivity contribution < 1.29 is 18.7 Å². The highest BCUT2D eigenvalue weighted by atomic mass is 32.5. The lowest BCUT2D eigenvalue weighted by Crippen LogP contribution is -2.33. The molecule has 0 aliphatic carbocycles. The van der Waals surface area contributed by atoms with E-state index >= 15 is 0 Å². The number of H-pyrrole nitrogens is 1. The predicted molar refractivity (Wildman–Crippen MR) is 83.3 cm³/mol. The van der Waals surface area contributed by atoms with Crippen molar-refractivity contribution in [3.8, 4) is 0 Å². The smallest absolute Gasteiger partial charge is 0.330 e. The second-order valence-corrected chi connectivity index (χ2v) is 7.94. The molecule has 1 aromatic rings. The third-order valence-corrected chi connectivity index (χ3v) is 5.24. The third-order valence-electron chi connectivity index (χ3n) is 3.54. The van der Waals surface area contributed by atoms with Gasteiger partial charge in [-0.15, -0.1) is 0 Å². The first-order chi connectivity index (χ1) is 10.3. The molecule has 0 amide bonds. The number of hydrogen-bond donors (Lipinski definition) is 2. The van der Waals surface area contributed by atoms with E-state index in [1.54, 1.807) is 6.92 Å². The Hall–Kier alpha value is -0.830. The normalized spacial score (nSPS) is 27.7. The fourth-order valence-electron chi connectivity index (χ4n) is 2.36. The molecule has 4 atom stereocenters. The Morgan fingerprint density at radius 3 is 2.86 bits per heavy atom. The molecule has 1 saturated heterocycles. The summed E-state index contributed by atoms with van der Waals surface area (Å²) in [6.45, 7) is 0.193.